The predicted octanol–water partition coefficient (Wildman–Crippen LogP) is 5.13. The number of anilines is 2. The van der Waals surface area contributed by atoms with Crippen molar-refractivity contribution in [1.29, 1.82) is 0 Å². The fraction of sp³-hybridized carbons (Fsp3) is 0.0952. The molecule has 0 fully saturated rings. The topological polar surface area (TPSA) is 89.2 Å². The van der Waals surface area contributed by atoms with Crippen molar-refractivity contribution in [3.63, 3.8) is 0 Å². The minimum Gasteiger partial charge on any atom is -0.339 e. The Kier molecular flexibility index (Phi) is 4.88. The fourth-order valence-electron chi connectivity index (χ4n) is 3.27. The van der Waals surface area contributed by atoms with Gasteiger partial charge in [-0.1, -0.05) is 35.9 Å². The molecule has 0 spiro atoms. The van der Waals surface area contributed by atoms with Gasteiger partial charge >= 0.3 is 0 Å². The molecule has 2 aromatic carbocycles. The number of sulfone groups is 1. The Balaban J connectivity index is 1.67. The maximum Gasteiger partial charge on any atom is 0.229 e. The minimum atomic E-state index is -3.93. The molecule has 0 saturated heterocycles. The molecular formula is C21H16ClN5O2S2. The molecule has 7 nitrogen and oxygen atoms in total. The van der Waals surface area contributed by atoms with Crippen LogP contribution >= 0.6 is 22.9 Å². The van der Waals surface area contributed by atoms with Crippen molar-refractivity contribution in [1.82, 2.24) is 19.8 Å². The molecule has 0 aliphatic heterocycles. The second kappa shape index (κ2) is 7.60. The first-order valence-corrected chi connectivity index (χ1v) is 12.2. The Bertz CT molecular complexity index is 1510. The van der Waals surface area contributed by atoms with Crippen molar-refractivity contribution in [2.45, 2.75) is 23.3 Å². The van der Waals surface area contributed by atoms with E-state index in [0.29, 0.717) is 10.8 Å². The van der Waals surface area contributed by atoms with Gasteiger partial charge < -0.3 is 5.32 Å². The van der Waals surface area contributed by atoms with Gasteiger partial charge in [-0.3, -0.25) is 0 Å². The lowest BCUT2D eigenvalue weighted by Gasteiger charge is -2.09. The van der Waals surface area contributed by atoms with Gasteiger partial charge in [-0.2, -0.15) is 4.52 Å². The highest BCUT2D eigenvalue weighted by atomic mass is 35.5. The molecule has 0 unspecified atom stereocenters. The molecule has 0 aliphatic rings. The molecule has 0 bridgehead atoms. The molecule has 0 amide bonds. The lowest BCUT2D eigenvalue weighted by Crippen LogP contribution is -2.05. The molecule has 156 valence electrons. The van der Waals surface area contributed by atoms with Crippen LogP contribution in [0.5, 0.6) is 0 Å². The van der Waals surface area contributed by atoms with Crippen molar-refractivity contribution in [2.24, 2.45) is 0 Å². The van der Waals surface area contributed by atoms with Crippen LogP contribution in [0, 0.1) is 0 Å². The first kappa shape index (κ1) is 19.9. The van der Waals surface area contributed by atoms with E-state index in [4.69, 9.17) is 11.6 Å². The molecule has 5 rings (SSSR count). The van der Waals surface area contributed by atoms with Gasteiger partial charge in [0.05, 0.1) is 15.1 Å². The summed E-state index contributed by atoms with van der Waals surface area (Å²) in [6.45, 7) is 2.10. The second-order valence-corrected chi connectivity index (χ2v) is 10.1. The zero-order valence-electron chi connectivity index (χ0n) is 16.3. The first-order chi connectivity index (χ1) is 15.0. The molecule has 1 N–H and O–H groups in total. The summed E-state index contributed by atoms with van der Waals surface area (Å²) >= 11 is 7.40. The van der Waals surface area contributed by atoms with E-state index in [0.717, 1.165) is 22.3 Å². The third kappa shape index (κ3) is 3.44. The molecule has 10 heteroatoms. The van der Waals surface area contributed by atoms with E-state index >= 15 is 0 Å². The zero-order valence-corrected chi connectivity index (χ0v) is 18.7. The predicted molar refractivity (Wildman–Crippen MR) is 122 cm³/mol. The lowest BCUT2D eigenvalue weighted by molar-refractivity contribution is 0.592. The number of rotatable bonds is 5. The number of nitrogens with zero attached hydrogens (tertiary/aromatic N) is 4. The third-order valence-corrected chi connectivity index (χ3v) is 7.75. The average Bonchev–Trinajstić information content (AvgIpc) is 3.42. The van der Waals surface area contributed by atoms with Crippen molar-refractivity contribution in [3.05, 3.63) is 70.6 Å². The van der Waals surface area contributed by atoms with Crippen LogP contribution in [-0.2, 0) is 16.3 Å². The van der Waals surface area contributed by atoms with E-state index in [1.807, 2.05) is 35.7 Å². The number of aryl methyl sites for hydroxylation is 1. The van der Waals surface area contributed by atoms with E-state index in [1.54, 1.807) is 0 Å². The van der Waals surface area contributed by atoms with Gasteiger partial charge in [-0.15, -0.1) is 16.4 Å². The van der Waals surface area contributed by atoms with Gasteiger partial charge in [0.25, 0.3) is 0 Å². The van der Waals surface area contributed by atoms with Crippen molar-refractivity contribution in [2.75, 3.05) is 5.32 Å². The quantitative estimate of drug-likeness (QED) is 0.383. The Morgan fingerprint density at radius 3 is 2.52 bits per heavy atom. The SMILES string of the molecule is CCc1ccc(Nc2nc3c(S(=O)(=O)c4ccc(Cl)cc4)nnn3c3ccsc23)cc1. The van der Waals surface area contributed by atoms with Gasteiger partial charge in [-0.25, -0.2) is 13.4 Å². The highest BCUT2D eigenvalue weighted by Gasteiger charge is 2.27. The highest BCUT2D eigenvalue weighted by Crippen LogP contribution is 2.32. The monoisotopic (exact) mass is 469 g/mol. The van der Waals surface area contributed by atoms with Crippen LogP contribution in [0.3, 0.4) is 0 Å². The second-order valence-electron chi connectivity index (χ2n) is 6.86. The maximum atomic E-state index is 13.2. The van der Waals surface area contributed by atoms with Crippen LogP contribution in [0.1, 0.15) is 12.5 Å². The molecule has 3 heterocycles. The molecule has 0 radical (unpaired) electrons. The number of aromatic nitrogens is 4. The van der Waals surface area contributed by atoms with Crippen LogP contribution in [-0.4, -0.2) is 28.2 Å². The van der Waals surface area contributed by atoms with Crippen LogP contribution < -0.4 is 5.32 Å². The van der Waals surface area contributed by atoms with Crippen LogP contribution in [0.2, 0.25) is 5.02 Å². The molecule has 5 aromatic rings. The Hall–Kier alpha value is -3.01. The Labute approximate surface area is 187 Å². The summed E-state index contributed by atoms with van der Waals surface area (Å²) in [6, 6.07) is 15.9. The summed E-state index contributed by atoms with van der Waals surface area (Å²) in [5.74, 6) is 0.552. The van der Waals surface area contributed by atoms with Gasteiger partial charge in [0.1, 0.15) is 0 Å². The normalized spacial score (nSPS) is 11.9. The van der Waals surface area contributed by atoms with Crippen LogP contribution in [0.25, 0.3) is 15.9 Å². The minimum absolute atomic E-state index is 0.0798. The Morgan fingerprint density at radius 1 is 1.06 bits per heavy atom. The van der Waals surface area contributed by atoms with E-state index in [2.05, 4.69) is 27.5 Å². The van der Waals surface area contributed by atoms with Gasteiger partial charge in [0.15, 0.2) is 11.5 Å². The molecule has 3 aromatic heterocycles. The number of hydrogen-bond donors (Lipinski definition) is 1. The van der Waals surface area contributed by atoms with Crippen molar-refractivity contribution in [3.8, 4) is 0 Å². The summed E-state index contributed by atoms with van der Waals surface area (Å²) in [7, 11) is -3.93. The molecular weight excluding hydrogens is 454 g/mol. The summed E-state index contributed by atoms with van der Waals surface area (Å²) in [5.41, 5.74) is 2.98. The number of nitrogens with one attached hydrogen (secondary N) is 1. The summed E-state index contributed by atoms with van der Waals surface area (Å²) in [6.07, 6.45) is 0.951. The first-order valence-electron chi connectivity index (χ1n) is 9.46. The van der Waals surface area contributed by atoms with Crippen molar-refractivity contribution >= 4 is 60.1 Å². The largest absolute Gasteiger partial charge is 0.339 e. The molecule has 31 heavy (non-hydrogen) atoms. The zero-order chi connectivity index (χ0) is 21.6. The van der Waals surface area contributed by atoms with E-state index < -0.39 is 9.84 Å². The fourth-order valence-corrected chi connectivity index (χ4v) is 5.44. The summed E-state index contributed by atoms with van der Waals surface area (Å²) in [5, 5.41) is 13.5. The van der Waals surface area contributed by atoms with Crippen LogP contribution in [0.4, 0.5) is 11.5 Å². The number of benzene rings is 2. The lowest BCUT2D eigenvalue weighted by atomic mass is 10.1. The van der Waals surface area contributed by atoms with Crippen LogP contribution in [0.15, 0.2) is 69.9 Å². The average molecular weight is 470 g/mol. The van der Waals surface area contributed by atoms with E-state index in [-0.39, 0.29) is 15.6 Å². The molecule has 0 saturated carbocycles. The van der Waals surface area contributed by atoms with Gasteiger partial charge in [0, 0.05) is 10.7 Å². The standard InChI is InChI=1S/C21H16ClN5O2S2/c1-2-13-3-7-15(8-4-13)23-19-18-17(11-12-30-18)27-20(24-19)21(25-26-27)31(28,29)16-9-5-14(22)6-10-16/h3-12H,2H2,1H3,(H,23,24). The maximum absolute atomic E-state index is 13.2. The third-order valence-electron chi connectivity index (χ3n) is 4.93. The highest BCUT2D eigenvalue weighted by molar-refractivity contribution is 7.91. The molecule has 0 aliphatic carbocycles. The summed E-state index contributed by atoms with van der Waals surface area (Å²) in [4.78, 5) is 4.69. The van der Waals surface area contributed by atoms with Crippen molar-refractivity contribution < 1.29 is 8.42 Å². The smallest absolute Gasteiger partial charge is 0.229 e. The Morgan fingerprint density at radius 2 is 1.81 bits per heavy atom. The van der Waals surface area contributed by atoms with Gasteiger partial charge in [-0.05, 0) is 59.8 Å². The molecule has 0 atom stereocenters. The van der Waals surface area contributed by atoms with Gasteiger partial charge in [0.2, 0.25) is 14.9 Å². The van der Waals surface area contributed by atoms with E-state index in [1.165, 1.54) is 45.7 Å². The number of hydrogen-bond acceptors (Lipinski definition) is 7. The summed E-state index contributed by atoms with van der Waals surface area (Å²) < 4.78 is 28.7. The van der Waals surface area contributed by atoms with E-state index in [9.17, 15) is 8.42 Å². The number of fused-ring (bicyclic) bond motifs is 3. The number of thiophene rings is 1. The number of halogens is 1.